The Hall–Kier alpha value is -2.01. The van der Waals surface area contributed by atoms with E-state index in [-0.39, 0.29) is 12.1 Å². The molecule has 1 fully saturated rings. The van der Waals surface area contributed by atoms with Gasteiger partial charge in [-0.25, -0.2) is 4.79 Å². The van der Waals surface area contributed by atoms with Crippen molar-refractivity contribution in [3.63, 3.8) is 0 Å². The molecular weight excluding hydrogens is 302 g/mol. The van der Waals surface area contributed by atoms with Gasteiger partial charge in [0.1, 0.15) is 5.75 Å². The first-order chi connectivity index (χ1) is 11.6. The van der Waals surface area contributed by atoms with Crippen LogP contribution in [0.2, 0.25) is 0 Å². The summed E-state index contributed by atoms with van der Waals surface area (Å²) in [7, 11) is 0. The number of para-hydroxylation sites is 1. The number of amides is 2. The van der Waals surface area contributed by atoms with Crippen LogP contribution in [0.5, 0.6) is 5.75 Å². The molecule has 0 saturated carbocycles. The van der Waals surface area contributed by atoms with E-state index in [2.05, 4.69) is 29.0 Å². The summed E-state index contributed by atoms with van der Waals surface area (Å²) in [5.74, 6) is 0.827. The van der Waals surface area contributed by atoms with Crippen molar-refractivity contribution in [2.45, 2.75) is 39.3 Å². The van der Waals surface area contributed by atoms with E-state index in [1.54, 1.807) is 0 Å². The van der Waals surface area contributed by atoms with Crippen molar-refractivity contribution in [3.05, 3.63) is 42.0 Å². The van der Waals surface area contributed by atoms with E-state index in [4.69, 9.17) is 4.74 Å². The van der Waals surface area contributed by atoms with Gasteiger partial charge in [-0.3, -0.25) is 4.90 Å². The lowest BCUT2D eigenvalue weighted by Crippen LogP contribution is -2.47. The number of nitrogens with one attached hydrogen (secondary N) is 2. The van der Waals surface area contributed by atoms with Crippen molar-refractivity contribution in [3.8, 4) is 5.75 Å². The lowest BCUT2D eigenvalue weighted by atomic mass is 10.0. The van der Waals surface area contributed by atoms with Gasteiger partial charge in [-0.2, -0.15) is 0 Å². The van der Waals surface area contributed by atoms with Gasteiger partial charge in [0.2, 0.25) is 0 Å². The summed E-state index contributed by atoms with van der Waals surface area (Å²) in [4.78, 5) is 14.5. The molecular formula is C19H29N3O2. The van der Waals surface area contributed by atoms with Crippen LogP contribution in [0.1, 0.15) is 32.3 Å². The molecule has 1 aromatic carbocycles. The fourth-order valence-corrected chi connectivity index (χ4v) is 2.98. The Balaban J connectivity index is 1.73. The SMILES string of the molecule is C=C(C)CN1CCC(NC(=O)NCc2ccccc2OCC)CC1. The molecule has 5 heteroatoms. The summed E-state index contributed by atoms with van der Waals surface area (Å²) in [6.45, 7) is 12.0. The minimum Gasteiger partial charge on any atom is -0.494 e. The molecule has 1 aromatic rings. The first-order valence-electron chi connectivity index (χ1n) is 8.70. The molecule has 1 aliphatic rings. The molecule has 1 heterocycles. The van der Waals surface area contributed by atoms with Crippen LogP contribution in [0.15, 0.2) is 36.4 Å². The van der Waals surface area contributed by atoms with Gasteiger partial charge in [0.15, 0.2) is 0 Å². The maximum Gasteiger partial charge on any atom is 0.315 e. The van der Waals surface area contributed by atoms with Crippen molar-refractivity contribution in [1.82, 2.24) is 15.5 Å². The Morgan fingerprint density at radius 2 is 2.04 bits per heavy atom. The number of hydrogen-bond donors (Lipinski definition) is 2. The maximum atomic E-state index is 12.1. The Kier molecular flexibility index (Phi) is 7.12. The number of hydrogen-bond acceptors (Lipinski definition) is 3. The highest BCUT2D eigenvalue weighted by Crippen LogP contribution is 2.17. The highest BCUT2D eigenvalue weighted by molar-refractivity contribution is 5.74. The smallest absolute Gasteiger partial charge is 0.315 e. The zero-order valence-corrected chi connectivity index (χ0v) is 14.8. The second kappa shape index (κ2) is 9.33. The molecule has 0 unspecified atom stereocenters. The van der Waals surface area contributed by atoms with E-state index in [1.165, 1.54) is 5.57 Å². The number of urea groups is 1. The molecule has 2 N–H and O–H groups in total. The molecule has 0 spiro atoms. The van der Waals surface area contributed by atoms with Gasteiger partial charge in [-0.05, 0) is 32.8 Å². The Labute approximate surface area is 145 Å². The number of rotatable bonds is 7. The number of ether oxygens (including phenoxy) is 1. The number of likely N-dealkylation sites (tertiary alicyclic amines) is 1. The third kappa shape index (κ3) is 5.89. The third-order valence-corrected chi connectivity index (χ3v) is 4.13. The highest BCUT2D eigenvalue weighted by atomic mass is 16.5. The standard InChI is InChI=1S/C19H29N3O2/c1-4-24-18-8-6-5-7-16(18)13-20-19(23)21-17-9-11-22(12-10-17)14-15(2)3/h5-8,17H,2,4,9-14H2,1,3H3,(H2,20,21,23). The molecule has 2 amide bonds. The number of piperidine rings is 1. The van der Waals surface area contributed by atoms with E-state index in [1.807, 2.05) is 31.2 Å². The summed E-state index contributed by atoms with van der Waals surface area (Å²) in [6, 6.07) is 7.92. The molecule has 132 valence electrons. The summed E-state index contributed by atoms with van der Waals surface area (Å²) < 4.78 is 5.58. The highest BCUT2D eigenvalue weighted by Gasteiger charge is 2.20. The van der Waals surface area contributed by atoms with Crippen LogP contribution in [0.25, 0.3) is 0 Å². The lowest BCUT2D eigenvalue weighted by Gasteiger charge is -2.32. The zero-order chi connectivity index (χ0) is 17.4. The van der Waals surface area contributed by atoms with Crippen LogP contribution < -0.4 is 15.4 Å². The van der Waals surface area contributed by atoms with Crippen molar-refractivity contribution < 1.29 is 9.53 Å². The largest absolute Gasteiger partial charge is 0.494 e. The minimum absolute atomic E-state index is 0.111. The fraction of sp³-hybridized carbons (Fsp3) is 0.526. The van der Waals surface area contributed by atoms with Gasteiger partial charge in [-0.1, -0.05) is 30.4 Å². The number of carbonyl (C=O) groups is 1. The minimum atomic E-state index is -0.111. The second-order valence-electron chi connectivity index (χ2n) is 6.38. The van der Waals surface area contributed by atoms with Gasteiger partial charge in [0.05, 0.1) is 6.61 Å². The molecule has 0 aromatic heterocycles. The molecule has 2 rings (SSSR count). The van der Waals surface area contributed by atoms with E-state index in [0.29, 0.717) is 13.2 Å². The van der Waals surface area contributed by atoms with Crippen molar-refractivity contribution in [2.75, 3.05) is 26.2 Å². The van der Waals surface area contributed by atoms with Gasteiger partial charge in [-0.15, -0.1) is 0 Å². The average Bonchev–Trinajstić information content (AvgIpc) is 2.56. The maximum absolute atomic E-state index is 12.1. The summed E-state index contributed by atoms with van der Waals surface area (Å²) in [5.41, 5.74) is 2.18. The lowest BCUT2D eigenvalue weighted by molar-refractivity contribution is 0.201. The summed E-state index contributed by atoms with van der Waals surface area (Å²) >= 11 is 0. The number of benzene rings is 1. The van der Waals surface area contributed by atoms with E-state index in [9.17, 15) is 4.79 Å². The average molecular weight is 331 g/mol. The molecule has 0 atom stereocenters. The van der Waals surface area contributed by atoms with Crippen molar-refractivity contribution in [2.24, 2.45) is 0 Å². The zero-order valence-electron chi connectivity index (χ0n) is 14.8. The molecule has 1 saturated heterocycles. The van der Waals surface area contributed by atoms with Gasteiger partial charge < -0.3 is 15.4 Å². The third-order valence-electron chi connectivity index (χ3n) is 4.13. The van der Waals surface area contributed by atoms with Crippen LogP contribution in [0.4, 0.5) is 4.79 Å². The van der Waals surface area contributed by atoms with Crippen LogP contribution in [0, 0.1) is 0 Å². The van der Waals surface area contributed by atoms with E-state index < -0.39 is 0 Å². The number of nitrogens with zero attached hydrogens (tertiary/aromatic N) is 1. The van der Waals surface area contributed by atoms with Gasteiger partial charge in [0, 0.05) is 37.8 Å². The molecule has 0 aliphatic carbocycles. The second-order valence-corrected chi connectivity index (χ2v) is 6.38. The topological polar surface area (TPSA) is 53.6 Å². The predicted molar refractivity (Wildman–Crippen MR) is 97.3 cm³/mol. The molecule has 0 radical (unpaired) electrons. The van der Waals surface area contributed by atoms with Crippen LogP contribution in [-0.4, -0.2) is 43.2 Å². The van der Waals surface area contributed by atoms with Crippen LogP contribution >= 0.6 is 0 Å². The van der Waals surface area contributed by atoms with Crippen LogP contribution in [0.3, 0.4) is 0 Å². The van der Waals surface area contributed by atoms with E-state index >= 15 is 0 Å². The molecule has 5 nitrogen and oxygen atoms in total. The van der Waals surface area contributed by atoms with Crippen molar-refractivity contribution in [1.29, 1.82) is 0 Å². The van der Waals surface area contributed by atoms with E-state index in [0.717, 1.165) is 43.8 Å². The summed E-state index contributed by atoms with van der Waals surface area (Å²) in [6.07, 6.45) is 1.96. The first-order valence-corrected chi connectivity index (χ1v) is 8.70. The molecule has 1 aliphatic heterocycles. The first kappa shape index (κ1) is 18.3. The fourth-order valence-electron chi connectivity index (χ4n) is 2.98. The monoisotopic (exact) mass is 331 g/mol. The number of carbonyl (C=O) groups excluding carboxylic acids is 1. The van der Waals surface area contributed by atoms with Crippen molar-refractivity contribution >= 4 is 6.03 Å². The Bertz CT molecular complexity index is 551. The van der Waals surface area contributed by atoms with Gasteiger partial charge >= 0.3 is 6.03 Å². The summed E-state index contributed by atoms with van der Waals surface area (Å²) in [5, 5.41) is 6.01. The van der Waals surface area contributed by atoms with Gasteiger partial charge in [0.25, 0.3) is 0 Å². The Morgan fingerprint density at radius 3 is 2.71 bits per heavy atom. The predicted octanol–water partition coefficient (Wildman–Crippen LogP) is 2.93. The Morgan fingerprint density at radius 1 is 1.33 bits per heavy atom. The normalized spacial score (nSPS) is 15.8. The quantitative estimate of drug-likeness (QED) is 0.755. The molecule has 0 bridgehead atoms. The van der Waals surface area contributed by atoms with Crippen LogP contribution in [-0.2, 0) is 6.54 Å². The molecule has 24 heavy (non-hydrogen) atoms.